The summed E-state index contributed by atoms with van der Waals surface area (Å²) < 4.78 is 53.4. The molecule has 0 aliphatic carbocycles. The van der Waals surface area contributed by atoms with Crippen molar-refractivity contribution in [2.75, 3.05) is 0 Å². The molecule has 0 bridgehead atoms. The van der Waals surface area contributed by atoms with Crippen LogP contribution in [0, 0.1) is 13.8 Å². The molecule has 0 saturated carbocycles. The summed E-state index contributed by atoms with van der Waals surface area (Å²) in [6, 6.07) is 15.2. The molecule has 1 aromatic heterocycles. The fraction of sp³-hybridized carbons (Fsp3) is 0.190. The molecular weight excluding hydrogens is 388 g/mol. The van der Waals surface area contributed by atoms with Crippen molar-refractivity contribution in [3.05, 3.63) is 82.7 Å². The molecule has 0 radical (unpaired) electrons. The maximum Gasteiger partial charge on any atom is 0.446 e. The number of thioether (sulfide) groups is 1. The van der Waals surface area contributed by atoms with Crippen LogP contribution in [0.4, 0.5) is 17.6 Å². The quantitative estimate of drug-likeness (QED) is 0.350. The summed E-state index contributed by atoms with van der Waals surface area (Å²) in [6.45, 7) is 4.39. The zero-order valence-electron chi connectivity index (χ0n) is 15.3. The molecule has 2 aromatic carbocycles. The van der Waals surface area contributed by atoms with E-state index in [4.69, 9.17) is 0 Å². The fourth-order valence-corrected chi connectivity index (χ4v) is 3.18. The minimum atomic E-state index is -4.34. The Hall–Kier alpha value is -2.54. The Morgan fingerprint density at radius 3 is 2.29 bits per heavy atom. The summed E-state index contributed by atoms with van der Waals surface area (Å²) in [5.41, 5.74) is -0.644. The number of aromatic nitrogens is 2. The van der Waals surface area contributed by atoms with Crippen molar-refractivity contribution in [2.45, 2.75) is 30.8 Å². The number of alkyl halides is 3. The zero-order valence-corrected chi connectivity index (χ0v) is 16.1. The van der Waals surface area contributed by atoms with Crippen LogP contribution in [0.1, 0.15) is 28.1 Å². The van der Waals surface area contributed by atoms with E-state index in [1.54, 1.807) is 10.7 Å². The van der Waals surface area contributed by atoms with Gasteiger partial charge in [0, 0.05) is 10.6 Å². The van der Waals surface area contributed by atoms with Gasteiger partial charge < -0.3 is 0 Å². The molecule has 0 amide bonds. The number of hydrogen-bond donors (Lipinski definition) is 0. The Bertz CT molecular complexity index is 971. The molecule has 0 atom stereocenters. The van der Waals surface area contributed by atoms with E-state index in [1.165, 1.54) is 30.3 Å². The van der Waals surface area contributed by atoms with Crippen LogP contribution in [0.3, 0.4) is 0 Å². The van der Waals surface area contributed by atoms with Crippen LogP contribution in [-0.2, 0) is 6.54 Å². The van der Waals surface area contributed by atoms with Crippen molar-refractivity contribution in [2.24, 2.45) is 0 Å². The molecule has 0 fully saturated rings. The summed E-state index contributed by atoms with van der Waals surface area (Å²) in [4.78, 5) is 0.0586. The summed E-state index contributed by atoms with van der Waals surface area (Å²) in [5, 5.41) is 4.31. The smallest absolute Gasteiger partial charge is 0.265 e. The van der Waals surface area contributed by atoms with E-state index < -0.39 is 11.3 Å². The SMILES string of the molecule is Cc1ccc(Cn2nc(/C(F)=C/c3ccc(SC(F)(F)F)cc3)cc2C)cc1. The molecule has 3 aromatic rings. The van der Waals surface area contributed by atoms with E-state index in [2.05, 4.69) is 5.10 Å². The minimum Gasteiger partial charge on any atom is -0.265 e. The van der Waals surface area contributed by atoms with Gasteiger partial charge in [0.05, 0.1) is 6.54 Å². The molecule has 0 aliphatic rings. The van der Waals surface area contributed by atoms with Gasteiger partial charge in [0.15, 0.2) is 5.83 Å². The Balaban J connectivity index is 1.75. The molecule has 0 saturated heterocycles. The van der Waals surface area contributed by atoms with E-state index in [9.17, 15) is 17.6 Å². The Kier molecular flexibility index (Phi) is 5.93. The lowest BCUT2D eigenvalue weighted by molar-refractivity contribution is -0.0328. The van der Waals surface area contributed by atoms with Crippen molar-refractivity contribution >= 4 is 23.7 Å². The molecule has 0 N–H and O–H groups in total. The van der Waals surface area contributed by atoms with Crippen LogP contribution in [0.5, 0.6) is 0 Å². The van der Waals surface area contributed by atoms with E-state index in [0.717, 1.165) is 16.8 Å². The second kappa shape index (κ2) is 8.22. The summed E-state index contributed by atoms with van der Waals surface area (Å²) >= 11 is -0.198. The first kappa shape index (κ1) is 20.2. The first-order chi connectivity index (χ1) is 13.2. The molecule has 0 spiro atoms. The van der Waals surface area contributed by atoms with Gasteiger partial charge in [-0.15, -0.1) is 0 Å². The maximum atomic E-state index is 14.6. The predicted octanol–water partition coefficient (Wildman–Crippen LogP) is 6.63. The van der Waals surface area contributed by atoms with Gasteiger partial charge in [-0.2, -0.15) is 18.3 Å². The van der Waals surface area contributed by atoms with Gasteiger partial charge in [-0.3, -0.25) is 4.68 Å². The lowest BCUT2D eigenvalue weighted by Gasteiger charge is -2.05. The van der Waals surface area contributed by atoms with Crippen LogP contribution in [0.25, 0.3) is 11.9 Å². The van der Waals surface area contributed by atoms with E-state index in [-0.39, 0.29) is 22.4 Å². The highest BCUT2D eigenvalue weighted by Gasteiger charge is 2.28. The second-order valence-electron chi connectivity index (χ2n) is 6.42. The Labute approximate surface area is 164 Å². The van der Waals surface area contributed by atoms with E-state index in [1.807, 2.05) is 38.1 Å². The molecule has 7 heteroatoms. The third kappa shape index (κ3) is 5.48. The van der Waals surface area contributed by atoms with Gasteiger partial charge in [0.1, 0.15) is 5.69 Å². The van der Waals surface area contributed by atoms with Crippen molar-refractivity contribution in [1.82, 2.24) is 9.78 Å². The third-order valence-corrected chi connectivity index (χ3v) is 4.83. The van der Waals surface area contributed by atoms with Crippen molar-refractivity contribution < 1.29 is 17.6 Å². The Morgan fingerprint density at radius 1 is 1.04 bits per heavy atom. The molecule has 28 heavy (non-hydrogen) atoms. The molecule has 3 rings (SSSR count). The largest absolute Gasteiger partial charge is 0.446 e. The van der Waals surface area contributed by atoms with Crippen molar-refractivity contribution in [1.29, 1.82) is 0 Å². The summed E-state index contributed by atoms with van der Waals surface area (Å²) in [7, 11) is 0. The van der Waals surface area contributed by atoms with Gasteiger partial charge >= 0.3 is 5.51 Å². The normalized spacial score (nSPS) is 12.4. The topological polar surface area (TPSA) is 17.8 Å². The standard InChI is InChI=1S/C21H18F4N2S/c1-14-3-5-17(6-4-14)13-27-15(2)11-20(26-27)19(22)12-16-7-9-18(10-8-16)28-21(23,24)25/h3-12H,13H2,1-2H3/b19-12-. The first-order valence-corrected chi connectivity index (χ1v) is 9.35. The van der Waals surface area contributed by atoms with Crippen LogP contribution in [-0.4, -0.2) is 15.3 Å². The molecule has 146 valence electrons. The number of rotatable bonds is 5. The van der Waals surface area contributed by atoms with Gasteiger partial charge in [0.25, 0.3) is 0 Å². The number of benzene rings is 2. The average molecular weight is 406 g/mol. The van der Waals surface area contributed by atoms with Gasteiger partial charge in [-0.05, 0) is 61.0 Å². The monoisotopic (exact) mass is 406 g/mol. The summed E-state index contributed by atoms with van der Waals surface area (Å²) in [5.74, 6) is -0.540. The highest BCUT2D eigenvalue weighted by Crippen LogP contribution is 2.36. The zero-order chi connectivity index (χ0) is 20.3. The fourth-order valence-electron chi connectivity index (χ4n) is 2.64. The highest BCUT2D eigenvalue weighted by atomic mass is 32.2. The molecule has 0 unspecified atom stereocenters. The first-order valence-electron chi connectivity index (χ1n) is 8.53. The number of halogens is 4. The van der Waals surface area contributed by atoms with Crippen molar-refractivity contribution in [3.63, 3.8) is 0 Å². The van der Waals surface area contributed by atoms with Crippen LogP contribution in [0.15, 0.2) is 59.5 Å². The number of hydrogen-bond acceptors (Lipinski definition) is 2. The minimum absolute atomic E-state index is 0.0586. The van der Waals surface area contributed by atoms with E-state index >= 15 is 0 Å². The van der Waals surface area contributed by atoms with Gasteiger partial charge in [-0.25, -0.2) is 4.39 Å². The molecule has 2 nitrogen and oxygen atoms in total. The lowest BCUT2D eigenvalue weighted by atomic mass is 10.1. The average Bonchev–Trinajstić information content (AvgIpc) is 2.98. The molecule has 1 heterocycles. The van der Waals surface area contributed by atoms with E-state index in [0.29, 0.717) is 12.1 Å². The number of aryl methyl sites for hydroxylation is 2. The van der Waals surface area contributed by atoms with Crippen LogP contribution < -0.4 is 0 Å². The lowest BCUT2D eigenvalue weighted by Crippen LogP contribution is -2.04. The van der Waals surface area contributed by atoms with Gasteiger partial charge in [0.2, 0.25) is 0 Å². The van der Waals surface area contributed by atoms with Gasteiger partial charge in [-0.1, -0.05) is 42.0 Å². The second-order valence-corrected chi connectivity index (χ2v) is 7.56. The molecular formula is C21H18F4N2S. The van der Waals surface area contributed by atoms with Crippen molar-refractivity contribution in [3.8, 4) is 0 Å². The Morgan fingerprint density at radius 2 is 1.68 bits per heavy atom. The van der Waals surface area contributed by atoms with Crippen LogP contribution in [0.2, 0.25) is 0 Å². The summed E-state index contributed by atoms with van der Waals surface area (Å²) in [6.07, 6.45) is 1.26. The van der Waals surface area contributed by atoms with Crippen LogP contribution >= 0.6 is 11.8 Å². The number of nitrogens with zero attached hydrogens (tertiary/aromatic N) is 2. The third-order valence-electron chi connectivity index (χ3n) is 4.09. The highest BCUT2D eigenvalue weighted by molar-refractivity contribution is 8.00. The maximum absolute atomic E-state index is 14.6. The molecule has 0 aliphatic heterocycles. The predicted molar refractivity (Wildman–Crippen MR) is 105 cm³/mol.